The van der Waals surface area contributed by atoms with Crippen molar-refractivity contribution in [1.29, 1.82) is 0 Å². The van der Waals surface area contributed by atoms with Crippen molar-refractivity contribution in [2.24, 2.45) is 5.92 Å². The minimum atomic E-state index is -0.0864. The fraction of sp³-hybridized carbons (Fsp3) is 0.538. The number of rotatable bonds is 3. The van der Waals surface area contributed by atoms with Crippen LogP contribution in [0.3, 0.4) is 0 Å². The molecule has 1 aliphatic heterocycles. The summed E-state index contributed by atoms with van der Waals surface area (Å²) in [7, 11) is 1.45. The number of nitrogens with zero attached hydrogens (tertiary/aromatic N) is 2. The number of pyridine rings is 1. The van der Waals surface area contributed by atoms with Gasteiger partial charge in [-0.3, -0.25) is 14.7 Å². The molecule has 0 atom stereocenters. The monoisotopic (exact) mass is 249 g/mol. The maximum Gasteiger partial charge on any atom is 0.308 e. The summed E-state index contributed by atoms with van der Waals surface area (Å²) < 4.78 is 4.77. The van der Waals surface area contributed by atoms with E-state index in [4.69, 9.17) is 10.5 Å². The lowest BCUT2D eigenvalue weighted by molar-refractivity contribution is -0.147. The summed E-state index contributed by atoms with van der Waals surface area (Å²) >= 11 is 0. The molecule has 0 radical (unpaired) electrons. The van der Waals surface area contributed by atoms with Crippen molar-refractivity contribution in [3.8, 4) is 0 Å². The third-order valence-corrected chi connectivity index (χ3v) is 3.35. The SMILES string of the molecule is COC(=O)C1CCN(Cc2cc(N)ccn2)CC1. The van der Waals surface area contributed by atoms with Gasteiger partial charge in [0.2, 0.25) is 0 Å². The first-order chi connectivity index (χ1) is 8.69. The Morgan fingerprint density at radius 2 is 2.28 bits per heavy atom. The van der Waals surface area contributed by atoms with Crippen molar-refractivity contribution < 1.29 is 9.53 Å². The number of anilines is 1. The summed E-state index contributed by atoms with van der Waals surface area (Å²) in [6.07, 6.45) is 3.44. The third-order valence-electron chi connectivity index (χ3n) is 3.35. The molecule has 5 nitrogen and oxygen atoms in total. The fourth-order valence-corrected chi connectivity index (χ4v) is 2.31. The summed E-state index contributed by atoms with van der Waals surface area (Å²) in [6.45, 7) is 2.59. The lowest BCUT2D eigenvalue weighted by atomic mass is 9.97. The summed E-state index contributed by atoms with van der Waals surface area (Å²) in [5.74, 6) is -0.0308. The number of nitrogens with two attached hydrogens (primary N) is 1. The van der Waals surface area contributed by atoms with Gasteiger partial charge in [0.25, 0.3) is 0 Å². The fourth-order valence-electron chi connectivity index (χ4n) is 2.31. The molecule has 1 fully saturated rings. The van der Waals surface area contributed by atoms with E-state index in [0.29, 0.717) is 0 Å². The van der Waals surface area contributed by atoms with E-state index in [1.165, 1.54) is 7.11 Å². The van der Waals surface area contributed by atoms with E-state index in [0.717, 1.165) is 43.9 Å². The Bertz CT molecular complexity index is 414. The van der Waals surface area contributed by atoms with Crippen LogP contribution in [-0.4, -0.2) is 36.1 Å². The first-order valence-electron chi connectivity index (χ1n) is 6.19. The van der Waals surface area contributed by atoms with Crippen LogP contribution in [0.4, 0.5) is 5.69 Å². The molecule has 0 bridgehead atoms. The Balaban J connectivity index is 1.85. The maximum absolute atomic E-state index is 11.4. The number of esters is 1. The van der Waals surface area contributed by atoms with Crippen LogP contribution in [0.25, 0.3) is 0 Å². The highest BCUT2D eigenvalue weighted by Crippen LogP contribution is 2.19. The Kier molecular flexibility index (Phi) is 4.15. The number of carbonyl (C=O) groups excluding carboxylic acids is 1. The van der Waals surface area contributed by atoms with Gasteiger partial charge in [0.1, 0.15) is 0 Å². The van der Waals surface area contributed by atoms with Crippen LogP contribution >= 0.6 is 0 Å². The molecule has 1 aromatic heterocycles. The van der Waals surface area contributed by atoms with Crippen LogP contribution in [0.2, 0.25) is 0 Å². The zero-order valence-electron chi connectivity index (χ0n) is 10.6. The van der Waals surface area contributed by atoms with Crippen molar-refractivity contribution in [2.75, 3.05) is 25.9 Å². The van der Waals surface area contributed by atoms with Gasteiger partial charge < -0.3 is 10.5 Å². The molecule has 0 amide bonds. The number of piperidine rings is 1. The zero-order valence-corrected chi connectivity index (χ0v) is 10.6. The molecular formula is C13H19N3O2. The van der Waals surface area contributed by atoms with Gasteiger partial charge in [-0.15, -0.1) is 0 Å². The lowest BCUT2D eigenvalue weighted by Gasteiger charge is -2.30. The molecule has 1 aliphatic rings. The van der Waals surface area contributed by atoms with Gasteiger partial charge in [-0.2, -0.15) is 0 Å². The van der Waals surface area contributed by atoms with Gasteiger partial charge in [0, 0.05) is 18.4 Å². The highest BCUT2D eigenvalue weighted by Gasteiger charge is 2.25. The quantitative estimate of drug-likeness (QED) is 0.811. The van der Waals surface area contributed by atoms with E-state index in [2.05, 4.69) is 9.88 Å². The molecule has 0 saturated carbocycles. The highest BCUT2D eigenvalue weighted by atomic mass is 16.5. The minimum absolute atomic E-state index is 0.0556. The number of methoxy groups -OCH3 is 1. The van der Waals surface area contributed by atoms with Crippen molar-refractivity contribution >= 4 is 11.7 Å². The number of likely N-dealkylation sites (tertiary alicyclic amines) is 1. The number of hydrogen-bond acceptors (Lipinski definition) is 5. The highest BCUT2D eigenvalue weighted by molar-refractivity contribution is 5.72. The second kappa shape index (κ2) is 5.82. The van der Waals surface area contributed by atoms with E-state index in [1.807, 2.05) is 6.07 Å². The summed E-state index contributed by atoms with van der Waals surface area (Å²) in [4.78, 5) is 18.0. The third kappa shape index (κ3) is 3.20. The van der Waals surface area contributed by atoms with Gasteiger partial charge in [-0.05, 0) is 38.1 Å². The van der Waals surface area contributed by atoms with Gasteiger partial charge in [0.15, 0.2) is 0 Å². The van der Waals surface area contributed by atoms with Crippen molar-refractivity contribution in [3.05, 3.63) is 24.0 Å². The zero-order chi connectivity index (χ0) is 13.0. The van der Waals surface area contributed by atoms with Crippen molar-refractivity contribution in [2.45, 2.75) is 19.4 Å². The number of nitrogen functional groups attached to an aromatic ring is 1. The maximum atomic E-state index is 11.4. The largest absolute Gasteiger partial charge is 0.469 e. The van der Waals surface area contributed by atoms with E-state index in [1.54, 1.807) is 12.3 Å². The first kappa shape index (κ1) is 12.8. The average Bonchev–Trinajstić information content (AvgIpc) is 2.39. The number of hydrogen-bond donors (Lipinski definition) is 1. The van der Waals surface area contributed by atoms with Crippen molar-refractivity contribution in [3.63, 3.8) is 0 Å². The Labute approximate surface area is 107 Å². The molecular weight excluding hydrogens is 230 g/mol. The molecule has 5 heteroatoms. The number of ether oxygens (including phenoxy) is 1. The van der Waals surface area contributed by atoms with Crippen LogP contribution in [-0.2, 0) is 16.1 Å². The molecule has 0 aliphatic carbocycles. The molecule has 1 aromatic rings. The topological polar surface area (TPSA) is 68.5 Å². The van der Waals surface area contributed by atoms with Gasteiger partial charge in [-0.25, -0.2) is 0 Å². The van der Waals surface area contributed by atoms with E-state index >= 15 is 0 Å². The predicted molar refractivity (Wildman–Crippen MR) is 68.7 cm³/mol. The van der Waals surface area contributed by atoms with Crippen molar-refractivity contribution in [1.82, 2.24) is 9.88 Å². The van der Waals surface area contributed by atoms with Crippen LogP contribution in [0.15, 0.2) is 18.3 Å². The number of aromatic nitrogens is 1. The molecule has 0 spiro atoms. The Hall–Kier alpha value is -1.62. The molecule has 0 aromatic carbocycles. The van der Waals surface area contributed by atoms with Crippen LogP contribution in [0.1, 0.15) is 18.5 Å². The minimum Gasteiger partial charge on any atom is -0.469 e. The summed E-state index contributed by atoms with van der Waals surface area (Å²) in [5.41, 5.74) is 7.44. The molecule has 1 saturated heterocycles. The first-order valence-corrected chi connectivity index (χ1v) is 6.19. The van der Waals surface area contributed by atoms with Crippen LogP contribution in [0, 0.1) is 5.92 Å². The normalized spacial score (nSPS) is 17.6. The van der Waals surface area contributed by atoms with Gasteiger partial charge in [-0.1, -0.05) is 0 Å². The Morgan fingerprint density at radius 1 is 1.56 bits per heavy atom. The molecule has 2 N–H and O–H groups in total. The molecule has 2 heterocycles. The second-order valence-electron chi connectivity index (χ2n) is 4.65. The average molecular weight is 249 g/mol. The Morgan fingerprint density at radius 3 is 2.89 bits per heavy atom. The van der Waals surface area contributed by atoms with Gasteiger partial charge >= 0.3 is 5.97 Å². The van der Waals surface area contributed by atoms with E-state index in [-0.39, 0.29) is 11.9 Å². The predicted octanol–water partition coefficient (Wildman–Crippen LogP) is 1.05. The smallest absolute Gasteiger partial charge is 0.308 e. The van der Waals surface area contributed by atoms with Crippen LogP contribution < -0.4 is 5.73 Å². The lowest BCUT2D eigenvalue weighted by Crippen LogP contribution is -2.36. The number of carbonyl (C=O) groups is 1. The van der Waals surface area contributed by atoms with Crippen LogP contribution in [0.5, 0.6) is 0 Å². The van der Waals surface area contributed by atoms with E-state index in [9.17, 15) is 4.79 Å². The second-order valence-corrected chi connectivity index (χ2v) is 4.65. The van der Waals surface area contributed by atoms with E-state index < -0.39 is 0 Å². The summed E-state index contributed by atoms with van der Waals surface area (Å²) in [6, 6.07) is 3.68. The summed E-state index contributed by atoms with van der Waals surface area (Å²) in [5, 5.41) is 0. The standard InChI is InChI=1S/C13H19N3O2/c1-18-13(17)10-3-6-16(7-4-10)9-12-8-11(14)2-5-15-12/h2,5,8,10H,3-4,6-7,9H2,1H3,(H2,14,15). The molecule has 0 unspecified atom stereocenters. The van der Waals surface area contributed by atoms with Gasteiger partial charge in [0.05, 0.1) is 18.7 Å². The molecule has 18 heavy (non-hydrogen) atoms. The molecule has 2 rings (SSSR count). The molecule has 98 valence electrons.